The summed E-state index contributed by atoms with van der Waals surface area (Å²) in [7, 11) is 0. The van der Waals surface area contributed by atoms with Crippen LogP contribution >= 0.6 is 0 Å². The van der Waals surface area contributed by atoms with Crippen molar-refractivity contribution in [1.29, 1.82) is 0 Å². The molecule has 0 spiro atoms. The van der Waals surface area contributed by atoms with Crippen LogP contribution in [0.5, 0.6) is 0 Å². The average molecular weight is 184 g/mol. The van der Waals surface area contributed by atoms with E-state index in [2.05, 4.69) is 0 Å². The number of carboxylic acid groups (broad SMARTS) is 1. The van der Waals surface area contributed by atoms with Gasteiger partial charge < -0.3 is 10.2 Å². The molecule has 0 bridgehead atoms. The number of hydrogen-bond acceptors (Lipinski definition) is 2. The molecule has 2 N–H and O–H groups in total. The van der Waals surface area contributed by atoms with Crippen molar-refractivity contribution in [3.63, 3.8) is 0 Å². The van der Waals surface area contributed by atoms with Gasteiger partial charge in [-0.2, -0.15) is 0 Å². The van der Waals surface area contributed by atoms with E-state index in [1.165, 1.54) is 5.57 Å². The highest BCUT2D eigenvalue weighted by Crippen LogP contribution is 2.06. The normalized spacial score (nSPS) is 11.2. The molecular weight excluding hydrogens is 168 g/mol. The van der Waals surface area contributed by atoms with Crippen molar-refractivity contribution in [1.82, 2.24) is 0 Å². The standard InChI is InChI=1S/C10H16O3/c1-8(2)4-3-5-9(7-11)6-10(12)13/h4,6,11H,3,5,7H2,1-2H3,(H,12,13). The molecule has 0 heterocycles. The molecule has 0 unspecified atom stereocenters. The molecule has 0 aliphatic rings. The van der Waals surface area contributed by atoms with Gasteiger partial charge in [0.15, 0.2) is 0 Å². The van der Waals surface area contributed by atoms with Crippen LogP contribution in [-0.2, 0) is 4.79 Å². The molecule has 0 amide bonds. The highest BCUT2D eigenvalue weighted by Gasteiger charge is 1.97. The lowest BCUT2D eigenvalue weighted by Gasteiger charge is -1.99. The molecule has 0 aliphatic heterocycles. The predicted octanol–water partition coefficient (Wildman–Crippen LogP) is 1.74. The van der Waals surface area contributed by atoms with Gasteiger partial charge in [0.25, 0.3) is 0 Å². The third-order valence-corrected chi connectivity index (χ3v) is 1.55. The fraction of sp³-hybridized carbons (Fsp3) is 0.500. The van der Waals surface area contributed by atoms with Crippen molar-refractivity contribution in [3.05, 3.63) is 23.3 Å². The Morgan fingerprint density at radius 2 is 2.00 bits per heavy atom. The minimum absolute atomic E-state index is 0.178. The topological polar surface area (TPSA) is 57.5 Å². The minimum Gasteiger partial charge on any atom is -0.478 e. The number of rotatable bonds is 5. The molecule has 0 aromatic rings. The molecule has 0 aromatic carbocycles. The van der Waals surface area contributed by atoms with Gasteiger partial charge in [-0.3, -0.25) is 0 Å². The van der Waals surface area contributed by atoms with Gasteiger partial charge in [-0.25, -0.2) is 4.79 Å². The van der Waals surface area contributed by atoms with Crippen LogP contribution in [0.3, 0.4) is 0 Å². The lowest BCUT2D eigenvalue weighted by Crippen LogP contribution is -1.96. The van der Waals surface area contributed by atoms with Gasteiger partial charge in [0.05, 0.1) is 6.61 Å². The first-order valence-corrected chi connectivity index (χ1v) is 4.23. The second-order valence-corrected chi connectivity index (χ2v) is 3.12. The van der Waals surface area contributed by atoms with Crippen LogP contribution in [0, 0.1) is 0 Å². The van der Waals surface area contributed by atoms with Gasteiger partial charge in [-0.15, -0.1) is 0 Å². The summed E-state index contributed by atoms with van der Waals surface area (Å²) in [5.74, 6) is -0.999. The molecule has 0 radical (unpaired) electrons. The van der Waals surface area contributed by atoms with Gasteiger partial charge in [-0.1, -0.05) is 11.6 Å². The van der Waals surface area contributed by atoms with Crippen molar-refractivity contribution < 1.29 is 15.0 Å². The zero-order valence-corrected chi connectivity index (χ0v) is 8.08. The maximum absolute atomic E-state index is 10.3. The molecule has 0 atom stereocenters. The molecule has 0 saturated heterocycles. The molecule has 0 fully saturated rings. The Morgan fingerprint density at radius 1 is 1.38 bits per heavy atom. The fourth-order valence-corrected chi connectivity index (χ4v) is 0.918. The third-order valence-electron chi connectivity index (χ3n) is 1.55. The van der Waals surface area contributed by atoms with Crippen LogP contribution in [-0.4, -0.2) is 22.8 Å². The molecule has 3 heteroatoms. The summed E-state index contributed by atoms with van der Waals surface area (Å²) in [6.07, 6.45) is 4.47. The van der Waals surface area contributed by atoms with Crippen molar-refractivity contribution in [2.45, 2.75) is 26.7 Å². The van der Waals surface area contributed by atoms with E-state index in [0.717, 1.165) is 12.5 Å². The Morgan fingerprint density at radius 3 is 2.38 bits per heavy atom. The number of hydrogen-bond donors (Lipinski definition) is 2. The van der Waals surface area contributed by atoms with Crippen LogP contribution in [0.2, 0.25) is 0 Å². The monoisotopic (exact) mass is 184 g/mol. The summed E-state index contributed by atoms with van der Waals surface area (Å²) in [6.45, 7) is 3.79. The zero-order valence-electron chi connectivity index (χ0n) is 8.08. The lowest BCUT2D eigenvalue weighted by molar-refractivity contribution is -0.131. The van der Waals surface area contributed by atoms with E-state index in [1.54, 1.807) is 0 Å². The zero-order chi connectivity index (χ0) is 10.3. The van der Waals surface area contributed by atoms with Crippen molar-refractivity contribution in [3.8, 4) is 0 Å². The van der Waals surface area contributed by atoms with Crippen LogP contribution < -0.4 is 0 Å². The van der Waals surface area contributed by atoms with E-state index >= 15 is 0 Å². The van der Waals surface area contributed by atoms with Crippen LogP contribution in [0.4, 0.5) is 0 Å². The maximum Gasteiger partial charge on any atom is 0.328 e. The quantitative estimate of drug-likeness (QED) is 0.505. The van der Waals surface area contributed by atoms with E-state index in [9.17, 15) is 4.79 Å². The van der Waals surface area contributed by atoms with E-state index in [4.69, 9.17) is 10.2 Å². The van der Waals surface area contributed by atoms with Gasteiger partial charge in [0, 0.05) is 6.08 Å². The Balaban J connectivity index is 4.00. The smallest absolute Gasteiger partial charge is 0.328 e. The number of carboxylic acids is 1. The molecule has 0 aromatic heterocycles. The first-order chi connectivity index (χ1) is 6.06. The Bertz CT molecular complexity index is 222. The Kier molecular flexibility index (Phi) is 5.89. The van der Waals surface area contributed by atoms with Crippen LogP contribution in [0.15, 0.2) is 23.3 Å². The first-order valence-electron chi connectivity index (χ1n) is 4.23. The molecule has 3 nitrogen and oxygen atoms in total. The summed E-state index contributed by atoms with van der Waals surface area (Å²) >= 11 is 0. The van der Waals surface area contributed by atoms with Crippen LogP contribution in [0.25, 0.3) is 0 Å². The molecule has 74 valence electrons. The highest BCUT2D eigenvalue weighted by atomic mass is 16.4. The van der Waals surface area contributed by atoms with E-state index in [-0.39, 0.29) is 6.61 Å². The molecule has 0 saturated carbocycles. The number of aliphatic hydroxyl groups excluding tert-OH is 1. The molecule has 13 heavy (non-hydrogen) atoms. The number of aliphatic hydroxyl groups is 1. The molecule has 0 rings (SSSR count). The van der Waals surface area contributed by atoms with Gasteiger partial charge in [0.1, 0.15) is 0 Å². The van der Waals surface area contributed by atoms with Crippen molar-refractivity contribution in [2.24, 2.45) is 0 Å². The molecular formula is C10H16O3. The molecule has 0 aliphatic carbocycles. The lowest BCUT2D eigenvalue weighted by atomic mass is 10.1. The van der Waals surface area contributed by atoms with E-state index in [1.807, 2.05) is 19.9 Å². The number of allylic oxidation sites excluding steroid dienone is 2. The Labute approximate surface area is 78.4 Å². The van der Waals surface area contributed by atoms with Gasteiger partial charge in [0.2, 0.25) is 0 Å². The summed E-state index contributed by atoms with van der Waals surface area (Å²) in [6, 6.07) is 0. The van der Waals surface area contributed by atoms with Gasteiger partial charge >= 0.3 is 5.97 Å². The average Bonchev–Trinajstić information content (AvgIpc) is 2.01. The van der Waals surface area contributed by atoms with E-state index < -0.39 is 5.97 Å². The third kappa shape index (κ3) is 7.28. The summed E-state index contributed by atoms with van der Waals surface area (Å²) in [4.78, 5) is 10.3. The first kappa shape index (κ1) is 11.9. The van der Waals surface area contributed by atoms with Crippen molar-refractivity contribution >= 4 is 5.97 Å². The SMILES string of the molecule is CC(C)=CCCC(=CC(=O)O)CO. The summed E-state index contributed by atoms with van der Waals surface area (Å²) < 4.78 is 0. The Hall–Kier alpha value is -1.09. The van der Waals surface area contributed by atoms with Crippen LogP contribution in [0.1, 0.15) is 26.7 Å². The van der Waals surface area contributed by atoms with Crippen molar-refractivity contribution in [2.75, 3.05) is 6.61 Å². The second-order valence-electron chi connectivity index (χ2n) is 3.12. The largest absolute Gasteiger partial charge is 0.478 e. The maximum atomic E-state index is 10.3. The summed E-state index contributed by atoms with van der Waals surface area (Å²) in [5.41, 5.74) is 1.76. The second kappa shape index (κ2) is 6.43. The highest BCUT2D eigenvalue weighted by molar-refractivity contribution is 5.80. The number of aliphatic carboxylic acids is 1. The summed E-state index contributed by atoms with van der Waals surface area (Å²) in [5, 5.41) is 17.2. The minimum atomic E-state index is -0.999. The fourth-order valence-electron chi connectivity index (χ4n) is 0.918. The van der Waals surface area contributed by atoms with E-state index in [0.29, 0.717) is 12.0 Å². The predicted molar refractivity (Wildman–Crippen MR) is 51.5 cm³/mol. The number of carbonyl (C=O) groups is 1. The van der Waals surface area contributed by atoms with Gasteiger partial charge in [-0.05, 0) is 32.3 Å².